The molecule has 0 aliphatic heterocycles. The molecule has 0 spiro atoms. The van der Waals surface area contributed by atoms with Gasteiger partial charge in [0.1, 0.15) is 0 Å². The molecule has 0 saturated heterocycles. The first-order valence-electron chi connectivity index (χ1n) is 4.14. The Bertz CT molecular complexity index is 376. The topological polar surface area (TPSA) is 44.8 Å². The van der Waals surface area contributed by atoms with Crippen molar-refractivity contribution in [3.63, 3.8) is 0 Å². The highest BCUT2D eigenvalue weighted by Gasteiger charge is 2.18. The van der Waals surface area contributed by atoms with Gasteiger partial charge in [-0.2, -0.15) is 0 Å². The number of ether oxygens (including phenoxy) is 3. The third kappa shape index (κ3) is 2.34. The molecule has 0 unspecified atom stereocenters. The maximum atomic E-state index is 11.3. The van der Waals surface area contributed by atoms with E-state index in [2.05, 4.69) is 0 Å². The van der Waals surface area contributed by atoms with Crippen LogP contribution in [0.4, 0.5) is 0 Å². The van der Waals surface area contributed by atoms with Crippen LogP contribution in [0, 0.1) is 0 Å². The summed E-state index contributed by atoms with van der Waals surface area (Å²) in [6, 6.07) is 3.32. The summed E-state index contributed by atoms with van der Waals surface area (Å²) in [5, 5.41) is 0. The van der Waals surface area contributed by atoms with Crippen LogP contribution in [-0.4, -0.2) is 25.1 Å². The molecule has 0 aliphatic rings. The number of hydrogen-bond donors (Lipinski definition) is 0. The molecule has 0 saturated carbocycles. The maximum absolute atomic E-state index is 11.3. The van der Waals surface area contributed by atoms with E-state index in [1.165, 1.54) is 21.3 Å². The summed E-state index contributed by atoms with van der Waals surface area (Å²) in [7, 11) is 4.52. The van der Waals surface area contributed by atoms with Gasteiger partial charge in [-0.15, -0.1) is 0 Å². The normalized spacial score (nSPS) is 9.60. The highest BCUT2D eigenvalue weighted by molar-refractivity contribution is 14.1. The monoisotopic (exact) mass is 322 g/mol. The van der Waals surface area contributed by atoms with E-state index in [9.17, 15) is 4.79 Å². The van der Waals surface area contributed by atoms with Gasteiger partial charge in [-0.3, -0.25) is 4.79 Å². The fourth-order valence-electron chi connectivity index (χ4n) is 1.26. The maximum Gasteiger partial charge on any atom is 0.226 e. The molecule has 5 heteroatoms. The van der Waals surface area contributed by atoms with E-state index in [4.69, 9.17) is 14.2 Å². The van der Waals surface area contributed by atoms with Crippen LogP contribution < -0.4 is 14.2 Å². The van der Waals surface area contributed by atoms with Crippen LogP contribution in [0.3, 0.4) is 0 Å². The van der Waals surface area contributed by atoms with Gasteiger partial charge in [-0.1, -0.05) is 0 Å². The Morgan fingerprint density at radius 1 is 1.07 bits per heavy atom. The van der Waals surface area contributed by atoms with Crippen molar-refractivity contribution < 1.29 is 19.0 Å². The minimum atomic E-state index is -0.106. The molecule has 0 bridgehead atoms. The van der Waals surface area contributed by atoms with Gasteiger partial charge in [0.05, 0.1) is 26.9 Å². The zero-order chi connectivity index (χ0) is 11.4. The predicted octanol–water partition coefficient (Wildman–Crippen LogP) is 2.29. The highest BCUT2D eigenvalue weighted by Crippen LogP contribution is 2.40. The van der Waals surface area contributed by atoms with Gasteiger partial charge in [0.25, 0.3) is 0 Å². The number of methoxy groups -OCH3 is 3. The average Bonchev–Trinajstić information content (AvgIpc) is 2.26. The third-order valence-corrected chi connectivity index (χ3v) is 2.50. The van der Waals surface area contributed by atoms with E-state index in [1.807, 2.05) is 0 Å². The third-order valence-electron chi connectivity index (χ3n) is 1.92. The summed E-state index contributed by atoms with van der Waals surface area (Å²) in [6.45, 7) is 0. The molecule has 0 amide bonds. The van der Waals surface area contributed by atoms with Crippen molar-refractivity contribution in [3.8, 4) is 17.2 Å². The molecule has 15 heavy (non-hydrogen) atoms. The number of halogens is 1. The minimum Gasteiger partial charge on any atom is -0.493 e. The molecule has 0 atom stereocenters. The molecular formula is C10H11IO4. The lowest BCUT2D eigenvalue weighted by Crippen LogP contribution is -2.00. The Labute approximate surface area is 102 Å². The van der Waals surface area contributed by atoms with Crippen LogP contribution in [0.5, 0.6) is 17.2 Å². The van der Waals surface area contributed by atoms with E-state index in [1.54, 1.807) is 34.7 Å². The Morgan fingerprint density at radius 3 is 2.07 bits per heavy atom. The summed E-state index contributed by atoms with van der Waals surface area (Å²) in [6.07, 6.45) is 0. The lowest BCUT2D eigenvalue weighted by atomic mass is 10.2. The molecule has 0 heterocycles. The van der Waals surface area contributed by atoms with Crippen molar-refractivity contribution >= 4 is 26.4 Å². The second-order valence-corrected chi connectivity index (χ2v) is 3.64. The van der Waals surface area contributed by atoms with Crippen molar-refractivity contribution in [3.05, 3.63) is 17.7 Å². The minimum absolute atomic E-state index is 0.106. The molecule has 82 valence electrons. The molecule has 1 aromatic rings. The predicted molar refractivity (Wildman–Crippen MR) is 64.4 cm³/mol. The van der Waals surface area contributed by atoms with Gasteiger partial charge in [-0.05, 0) is 12.1 Å². The van der Waals surface area contributed by atoms with Crippen molar-refractivity contribution in [2.24, 2.45) is 0 Å². The first-order valence-corrected chi connectivity index (χ1v) is 5.22. The second-order valence-electron chi connectivity index (χ2n) is 2.66. The first-order chi connectivity index (χ1) is 7.15. The first kappa shape index (κ1) is 12.1. The Kier molecular flexibility index (Phi) is 4.19. The number of carbonyl (C=O) groups excluding carboxylic acids is 1. The summed E-state index contributed by atoms with van der Waals surface area (Å²) >= 11 is 1.70. The summed E-state index contributed by atoms with van der Waals surface area (Å²) in [4.78, 5) is 11.3. The van der Waals surface area contributed by atoms with Crippen LogP contribution in [0.25, 0.3) is 0 Å². The molecule has 1 rings (SSSR count). The Hall–Kier alpha value is -0.980. The molecular weight excluding hydrogens is 311 g/mol. The number of hydrogen-bond acceptors (Lipinski definition) is 4. The number of carbonyl (C=O) groups is 1. The van der Waals surface area contributed by atoms with E-state index >= 15 is 0 Å². The summed E-state index contributed by atoms with van der Waals surface area (Å²) in [5.74, 6) is 1.37. The van der Waals surface area contributed by atoms with E-state index in [-0.39, 0.29) is 3.79 Å². The second kappa shape index (κ2) is 5.20. The van der Waals surface area contributed by atoms with Crippen LogP contribution in [0.1, 0.15) is 10.4 Å². The number of benzene rings is 1. The van der Waals surface area contributed by atoms with Crippen LogP contribution in [0.2, 0.25) is 0 Å². The smallest absolute Gasteiger partial charge is 0.226 e. The Morgan fingerprint density at radius 2 is 1.67 bits per heavy atom. The molecule has 4 nitrogen and oxygen atoms in total. The van der Waals surface area contributed by atoms with Crippen molar-refractivity contribution in [2.75, 3.05) is 21.3 Å². The van der Waals surface area contributed by atoms with Crippen LogP contribution in [0.15, 0.2) is 12.1 Å². The quantitative estimate of drug-likeness (QED) is 0.630. The van der Waals surface area contributed by atoms with E-state index in [0.29, 0.717) is 22.8 Å². The van der Waals surface area contributed by atoms with Gasteiger partial charge < -0.3 is 14.2 Å². The number of rotatable bonds is 4. The molecule has 0 fully saturated rings. The zero-order valence-electron chi connectivity index (χ0n) is 8.67. The standard InChI is InChI=1S/C10H11IO4/c1-13-7-5-4-6(10(11)12)8(14-2)9(7)15-3/h4-5H,1-3H3. The van der Waals surface area contributed by atoms with Gasteiger partial charge in [0, 0.05) is 22.6 Å². The lowest BCUT2D eigenvalue weighted by Gasteiger charge is -2.13. The molecule has 0 radical (unpaired) electrons. The zero-order valence-corrected chi connectivity index (χ0v) is 10.8. The summed E-state index contributed by atoms with van der Waals surface area (Å²) in [5.41, 5.74) is 0.468. The van der Waals surface area contributed by atoms with E-state index < -0.39 is 0 Å². The SMILES string of the molecule is COc1ccc(C(=O)I)c(OC)c1OC. The molecule has 1 aromatic carbocycles. The fourth-order valence-corrected chi connectivity index (χ4v) is 1.68. The molecule has 0 aromatic heterocycles. The fraction of sp³-hybridized carbons (Fsp3) is 0.300. The highest BCUT2D eigenvalue weighted by atomic mass is 127. The van der Waals surface area contributed by atoms with Gasteiger partial charge in [0.15, 0.2) is 11.5 Å². The van der Waals surface area contributed by atoms with Gasteiger partial charge >= 0.3 is 0 Å². The van der Waals surface area contributed by atoms with Gasteiger partial charge in [-0.25, -0.2) is 0 Å². The van der Waals surface area contributed by atoms with Crippen LogP contribution >= 0.6 is 22.6 Å². The van der Waals surface area contributed by atoms with Crippen LogP contribution in [-0.2, 0) is 0 Å². The van der Waals surface area contributed by atoms with Crippen molar-refractivity contribution in [2.45, 2.75) is 0 Å². The van der Waals surface area contributed by atoms with Gasteiger partial charge in [0.2, 0.25) is 9.54 Å². The van der Waals surface area contributed by atoms with E-state index in [0.717, 1.165) is 0 Å². The average molecular weight is 322 g/mol. The molecule has 0 N–H and O–H groups in total. The molecule has 0 aliphatic carbocycles. The summed E-state index contributed by atoms with van der Waals surface area (Å²) < 4.78 is 15.3. The lowest BCUT2D eigenvalue weighted by molar-refractivity contribution is 0.110. The Balaban J connectivity index is 3.40. The van der Waals surface area contributed by atoms with Crippen molar-refractivity contribution in [1.29, 1.82) is 0 Å². The van der Waals surface area contributed by atoms with Crippen molar-refractivity contribution in [1.82, 2.24) is 0 Å². The largest absolute Gasteiger partial charge is 0.493 e.